The fraction of sp³-hybridized carbons (Fsp3) is 0.143. The lowest BCUT2D eigenvalue weighted by atomic mass is 10.2. The number of aromatic nitrogens is 1. The molecule has 5 nitrogen and oxygen atoms in total. The lowest BCUT2D eigenvalue weighted by Gasteiger charge is -2.24. The van der Waals surface area contributed by atoms with Crippen LogP contribution in [0.15, 0.2) is 91.3 Å². The van der Waals surface area contributed by atoms with Gasteiger partial charge in [-0.3, -0.25) is 9.78 Å². The second-order valence-corrected chi connectivity index (χ2v) is 8.40. The number of ether oxygens (including phenoxy) is 2. The molecule has 0 radical (unpaired) electrons. The number of hydrogen-bond donors (Lipinski definition) is 0. The van der Waals surface area contributed by atoms with Gasteiger partial charge in [0.1, 0.15) is 16.5 Å². The van der Waals surface area contributed by atoms with E-state index in [1.54, 1.807) is 41.9 Å². The molecule has 4 aromatic rings. The number of carbonyl (C=O) groups excluding carboxylic acids is 1. The number of benzene rings is 2. The van der Waals surface area contributed by atoms with Gasteiger partial charge >= 0.3 is 0 Å². The Labute approximate surface area is 203 Å². The Bertz CT molecular complexity index is 1180. The van der Waals surface area contributed by atoms with Gasteiger partial charge in [0.25, 0.3) is 0 Å². The Kier molecular flexibility index (Phi) is 7.73. The van der Waals surface area contributed by atoms with Crippen molar-refractivity contribution >= 4 is 39.6 Å². The number of hydrogen-bond acceptors (Lipinski definition) is 6. The summed E-state index contributed by atoms with van der Waals surface area (Å²) in [5.41, 5.74) is 2.59. The first-order chi connectivity index (χ1) is 16.7. The third-order valence-electron chi connectivity index (χ3n) is 4.99. The summed E-state index contributed by atoms with van der Waals surface area (Å²) in [6.45, 7) is 5.19. The van der Waals surface area contributed by atoms with Gasteiger partial charge in [0.2, 0.25) is 0 Å². The third-order valence-corrected chi connectivity index (χ3v) is 6.03. The molecule has 2 aromatic heterocycles. The van der Waals surface area contributed by atoms with E-state index in [0.29, 0.717) is 18.8 Å². The minimum absolute atomic E-state index is 0.0714. The molecule has 172 valence electrons. The molecular weight excluding hydrogens is 444 g/mol. The van der Waals surface area contributed by atoms with Crippen molar-refractivity contribution in [2.24, 2.45) is 0 Å². The van der Waals surface area contributed by atoms with Crippen LogP contribution in [0, 0.1) is 0 Å². The topological polar surface area (TPSA) is 51.7 Å². The Hall–Kier alpha value is -3.90. The molecule has 0 unspecified atom stereocenters. The highest BCUT2D eigenvalue weighted by atomic mass is 32.1. The largest absolute Gasteiger partial charge is 0.494 e. The first kappa shape index (κ1) is 23.3. The third kappa shape index (κ3) is 5.71. The number of nitrogens with zero attached hydrogens (tertiary/aromatic N) is 2. The van der Waals surface area contributed by atoms with Crippen LogP contribution in [-0.2, 0) is 0 Å². The summed E-state index contributed by atoms with van der Waals surface area (Å²) in [7, 11) is 0. The number of rotatable bonds is 10. The van der Waals surface area contributed by atoms with Crippen LogP contribution >= 0.6 is 11.3 Å². The maximum atomic E-state index is 12.4. The van der Waals surface area contributed by atoms with Gasteiger partial charge in [0.05, 0.1) is 13.2 Å². The van der Waals surface area contributed by atoms with Gasteiger partial charge in [-0.1, -0.05) is 0 Å². The zero-order valence-corrected chi connectivity index (χ0v) is 20.0. The van der Waals surface area contributed by atoms with Gasteiger partial charge in [-0.2, -0.15) is 0 Å². The summed E-state index contributed by atoms with van der Waals surface area (Å²) >= 11 is 1.61. The molecule has 34 heavy (non-hydrogen) atoms. The highest BCUT2D eigenvalue weighted by Crippen LogP contribution is 2.40. The Balaban J connectivity index is 1.63. The van der Waals surface area contributed by atoms with E-state index in [9.17, 15) is 4.79 Å². The zero-order valence-electron chi connectivity index (χ0n) is 19.2. The number of thiophene rings is 1. The van der Waals surface area contributed by atoms with E-state index in [2.05, 4.69) is 16.0 Å². The summed E-state index contributed by atoms with van der Waals surface area (Å²) < 4.78 is 11.2. The smallest absolute Gasteiger partial charge is 0.187 e. The van der Waals surface area contributed by atoms with Crippen LogP contribution in [-0.4, -0.2) is 24.0 Å². The van der Waals surface area contributed by atoms with Crippen molar-refractivity contribution in [2.75, 3.05) is 18.1 Å². The normalized spacial score (nSPS) is 10.9. The SMILES string of the molecule is CCOc1ccc(N(c2ccc(OCC)cc2)c2ccc(/C=C/C(=O)c3cccnc3)s2)cc1. The molecule has 0 aliphatic carbocycles. The number of allylic oxidation sites excluding steroid dienone is 1. The van der Waals surface area contributed by atoms with Gasteiger partial charge in [-0.15, -0.1) is 11.3 Å². The molecule has 0 saturated heterocycles. The average molecular weight is 471 g/mol. The van der Waals surface area contributed by atoms with Crippen molar-refractivity contribution in [3.8, 4) is 11.5 Å². The van der Waals surface area contributed by atoms with E-state index >= 15 is 0 Å². The quantitative estimate of drug-likeness (QED) is 0.180. The van der Waals surface area contributed by atoms with Crippen molar-refractivity contribution in [3.63, 3.8) is 0 Å². The van der Waals surface area contributed by atoms with Crippen LogP contribution in [0.4, 0.5) is 16.4 Å². The highest BCUT2D eigenvalue weighted by Gasteiger charge is 2.15. The summed E-state index contributed by atoms with van der Waals surface area (Å²) in [5, 5.41) is 1.03. The standard InChI is InChI=1S/C28H26N2O3S/c1-3-32-24-11-7-22(8-12-24)30(23-9-13-25(14-10-23)33-4-2)28-18-16-26(34-28)15-17-27(31)21-6-5-19-29-20-21/h5-20H,3-4H2,1-2H3/b17-15+. The van der Waals surface area contributed by atoms with E-state index in [1.165, 1.54) is 0 Å². The highest BCUT2D eigenvalue weighted by molar-refractivity contribution is 7.17. The van der Waals surface area contributed by atoms with E-state index in [0.717, 1.165) is 32.8 Å². The second-order valence-electron chi connectivity index (χ2n) is 7.30. The van der Waals surface area contributed by atoms with Gasteiger partial charge < -0.3 is 14.4 Å². The molecule has 6 heteroatoms. The van der Waals surface area contributed by atoms with Gasteiger partial charge in [0, 0.05) is 34.2 Å². The summed E-state index contributed by atoms with van der Waals surface area (Å²) in [5.74, 6) is 1.60. The second kappa shape index (κ2) is 11.3. The van der Waals surface area contributed by atoms with E-state index in [1.807, 2.05) is 74.5 Å². The number of anilines is 3. The van der Waals surface area contributed by atoms with E-state index in [4.69, 9.17) is 9.47 Å². The summed E-state index contributed by atoms with van der Waals surface area (Å²) in [4.78, 5) is 19.6. The molecule has 0 spiro atoms. The van der Waals surface area contributed by atoms with Crippen LogP contribution in [0.5, 0.6) is 11.5 Å². The predicted molar refractivity (Wildman–Crippen MR) is 139 cm³/mol. The van der Waals surface area contributed by atoms with Crippen molar-refractivity contribution in [1.82, 2.24) is 4.98 Å². The van der Waals surface area contributed by atoms with Crippen LogP contribution in [0.25, 0.3) is 6.08 Å². The Morgan fingerprint density at radius 3 is 2.03 bits per heavy atom. The average Bonchev–Trinajstić information content (AvgIpc) is 3.34. The van der Waals surface area contributed by atoms with Crippen molar-refractivity contribution in [2.45, 2.75) is 13.8 Å². The molecule has 0 aliphatic heterocycles. The fourth-order valence-corrected chi connectivity index (χ4v) is 4.39. The molecule has 0 amide bonds. The van der Waals surface area contributed by atoms with Crippen molar-refractivity contribution < 1.29 is 14.3 Å². The zero-order chi connectivity index (χ0) is 23.8. The van der Waals surface area contributed by atoms with Crippen LogP contribution < -0.4 is 14.4 Å². The summed E-state index contributed by atoms with van der Waals surface area (Å²) in [6, 6.07) is 23.7. The molecule has 0 fully saturated rings. The Morgan fingerprint density at radius 2 is 1.50 bits per heavy atom. The van der Waals surface area contributed by atoms with Crippen LogP contribution in [0.3, 0.4) is 0 Å². The molecule has 0 aliphatic rings. The van der Waals surface area contributed by atoms with E-state index < -0.39 is 0 Å². The van der Waals surface area contributed by atoms with Gasteiger partial charge in [-0.05, 0) is 98.8 Å². The van der Waals surface area contributed by atoms with Crippen LogP contribution in [0.1, 0.15) is 29.1 Å². The summed E-state index contributed by atoms with van der Waals surface area (Å²) in [6.07, 6.45) is 6.66. The van der Waals surface area contributed by atoms with Gasteiger partial charge in [0.15, 0.2) is 5.78 Å². The van der Waals surface area contributed by atoms with Gasteiger partial charge in [-0.25, -0.2) is 0 Å². The molecule has 2 heterocycles. The van der Waals surface area contributed by atoms with Crippen molar-refractivity contribution in [1.29, 1.82) is 0 Å². The molecule has 0 saturated carbocycles. The molecule has 0 atom stereocenters. The first-order valence-electron chi connectivity index (χ1n) is 11.2. The molecule has 0 N–H and O–H groups in total. The maximum absolute atomic E-state index is 12.4. The molecule has 0 bridgehead atoms. The lowest BCUT2D eigenvalue weighted by molar-refractivity contribution is 0.104. The number of ketones is 1. The monoisotopic (exact) mass is 470 g/mol. The maximum Gasteiger partial charge on any atom is 0.187 e. The minimum atomic E-state index is -0.0714. The Morgan fingerprint density at radius 1 is 0.882 bits per heavy atom. The van der Waals surface area contributed by atoms with E-state index in [-0.39, 0.29) is 5.78 Å². The minimum Gasteiger partial charge on any atom is -0.494 e. The van der Waals surface area contributed by atoms with Crippen molar-refractivity contribution in [3.05, 3.63) is 102 Å². The predicted octanol–water partition coefficient (Wildman–Crippen LogP) is 7.31. The molecule has 2 aromatic carbocycles. The first-order valence-corrected chi connectivity index (χ1v) is 12.0. The fourth-order valence-electron chi connectivity index (χ4n) is 3.43. The van der Waals surface area contributed by atoms with Crippen LogP contribution in [0.2, 0.25) is 0 Å². The lowest BCUT2D eigenvalue weighted by Crippen LogP contribution is -2.08. The number of pyridine rings is 1. The molecule has 4 rings (SSSR count). The molecular formula is C28H26N2O3S. The number of carbonyl (C=O) groups is 1.